The highest BCUT2D eigenvalue weighted by atomic mass is 35.5. The molecule has 138 valence electrons. The molecule has 27 heavy (non-hydrogen) atoms. The first-order chi connectivity index (χ1) is 12.8. The number of benzene rings is 2. The first-order valence-electron chi connectivity index (χ1n) is 8.13. The van der Waals surface area contributed by atoms with E-state index in [4.69, 9.17) is 16.3 Å². The summed E-state index contributed by atoms with van der Waals surface area (Å²) in [5.74, 6) is -0.970. The number of carbonyl (C=O) groups excluding carboxylic acids is 3. The number of hydrogen-bond acceptors (Lipinski definition) is 4. The van der Waals surface area contributed by atoms with Crippen LogP contribution in [-0.2, 0) is 9.59 Å². The lowest BCUT2D eigenvalue weighted by atomic mass is 10.0. The number of methoxy groups -OCH3 is 1. The fourth-order valence-corrected chi connectivity index (χ4v) is 3.02. The molecule has 4 amide bonds. The lowest BCUT2D eigenvalue weighted by Crippen LogP contribution is -2.54. The number of amides is 4. The number of carbonyl (C=O) groups is 3. The van der Waals surface area contributed by atoms with E-state index in [1.807, 2.05) is 19.1 Å². The van der Waals surface area contributed by atoms with Crippen molar-refractivity contribution in [2.24, 2.45) is 0 Å². The van der Waals surface area contributed by atoms with Crippen molar-refractivity contribution in [3.8, 4) is 5.75 Å². The first-order valence-corrected chi connectivity index (χ1v) is 8.51. The van der Waals surface area contributed by atoms with E-state index in [1.54, 1.807) is 31.2 Å². The maximum atomic E-state index is 13.0. The van der Waals surface area contributed by atoms with Gasteiger partial charge >= 0.3 is 6.03 Å². The molecule has 0 unspecified atom stereocenters. The fourth-order valence-electron chi connectivity index (χ4n) is 2.79. The number of halogens is 1. The molecule has 2 aromatic carbocycles. The maximum absolute atomic E-state index is 13.0. The summed E-state index contributed by atoms with van der Waals surface area (Å²) in [6.45, 7) is 3.65. The van der Waals surface area contributed by atoms with Crippen molar-refractivity contribution in [2.45, 2.75) is 13.8 Å². The number of hydrogen-bond donors (Lipinski definition) is 1. The summed E-state index contributed by atoms with van der Waals surface area (Å²) >= 11 is 6.05. The van der Waals surface area contributed by atoms with Crippen LogP contribution in [0.1, 0.15) is 16.7 Å². The predicted molar refractivity (Wildman–Crippen MR) is 103 cm³/mol. The molecule has 1 N–H and O–H groups in total. The zero-order valence-corrected chi connectivity index (χ0v) is 15.8. The smallest absolute Gasteiger partial charge is 0.335 e. The highest BCUT2D eigenvalue weighted by Crippen LogP contribution is 2.27. The van der Waals surface area contributed by atoms with E-state index >= 15 is 0 Å². The highest BCUT2D eigenvalue weighted by molar-refractivity contribution is 6.39. The van der Waals surface area contributed by atoms with Gasteiger partial charge in [-0.15, -0.1) is 0 Å². The number of imide groups is 2. The van der Waals surface area contributed by atoms with Crippen LogP contribution in [0.2, 0.25) is 5.02 Å². The van der Waals surface area contributed by atoms with Crippen LogP contribution in [0.4, 0.5) is 10.5 Å². The van der Waals surface area contributed by atoms with Crippen LogP contribution in [0.3, 0.4) is 0 Å². The van der Waals surface area contributed by atoms with Gasteiger partial charge in [0.2, 0.25) is 0 Å². The Labute approximate surface area is 161 Å². The third kappa shape index (κ3) is 3.71. The molecule has 0 radical (unpaired) electrons. The summed E-state index contributed by atoms with van der Waals surface area (Å²) in [6.07, 6.45) is 1.39. The Kier molecular flexibility index (Phi) is 5.01. The van der Waals surface area contributed by atoms with Gasteiger partial charge in [-0.2, -0.15) is 0 Å². The molecule has 1 fully saturated rings. The van der Waals surface area contributed by atoms with Gasteiger partial charge in [0.15, 0.2) is 0 Å². The summed E-state index contributed by atoms with van der Waals surface area (Å²) < 4.78 is 5.15. The van der Waals surface area contributed by atoms with E-state index < -0.39 is 17.8 Å². The van der Waals surface area contributed by atoms with Crippen molar-refractivity contribution in [1.82, 2.24) is 5.32 Å². The van der Waals surface area contributed by atoms with Crippen molar-refractivity contribution in [3.63, 3.8) is 0 Å². The number of ether oxygens (including phenoxy) is 1. The van der Waals surface area contributed by atoms with E-state index in [9.17, 15) is 14.4 Å². The van der Waals surface area contributed by atoms with Crippen LogP contribution in [0.25, 0.3) is 6.08 Å². The van der Waals surface area contributed by atoms with Crippen LogP contribution in [0, 0.1) is 13.8 Å². The van der Waals surface area contributed by atoms with Crippen molar-refractivity contribution >= 4 is 41.2 Å². The van der Waals surface area contributed by atoms with Crippen LogP contribution in [0.5, 0.6) is 5.75 Å². The largest absolute Gasteiger partial charge is 0.497 e. The average Bonchev–Trinajstić information content (AvgIpc) is 2.61. The lowest BCUT2D eigenvalue weighted by molar-refractivity contribution is -0.122. The minimum Gasteiger partial charge on any atom is -0.497 e. The van der Waals surface area contributed by atoms with Gasteiger partial charge in [-0.3, -0.25) is 14.9 Å². The summed E-state index contributed by atoms with van der Waals surface area (Å²) in [4.78, 5) is 38.5. The van der Waals surface area contributed by atoms with Gasteiger partial charge in [-0.25, -0.2) is 9.69 Å². The van der Waals surface area contributed by atoms with E-state index in [-0.39, 0.29) is 5.57 Å². The normalized spacial score (nSPS) is 15.9. The number of rotatable bonds is 3. The van der Waals surface area contributed by atoms with Gasteiger partial charge in [0.1, 0.15) is 11.3 Å². The summed E-state index contributed by atoms with van der Waals surface area (Å²) in [5.41, 5.74) is 2.40. The molecule has 3 rings (SSSR count). The molecule has 1 saturated heterocycles. The van der Waals surface area contributed by atoms with Crippen LogP contribution in [-0.4, -0.2) is 25.0 Å². The van der Waals surface area contributed by atoms with Crippen LogP contribution in [0.15, 0.2) is 42.0 Å². The minimum atomic E-state index is -0.778. The Morgan fingerprint density at radius 2 is 1.81 bits per heavy atom. The molecule has 0 saturated carbocycles. The minimum absolute atomic E-state index is 0.167. The zero-order chi connectivity index (χ0) is 19.7. The van der Waals surface area contributed by atoms with Gasteiger partial charge in [0.05, 0.1) is 12.8 Å². The SMILES string of the molecule is COc1cc(Cl)cc(/C=C2\C(=O)NC(=O)N(c3cc(C)ccc3C)C2=O)c1. The standard InChI is InChI=1S/C20H17ClN2O4/c1-11-4-5-12(2)17(6-11)23-19(25)16(18(24)22-20(23)26)9-13-7-14(21)10-15(8-13)27-3/h4-10H,1-3H3,(H,22,24,26)/b16-9+. The molecule has 7 heteroatoms. The Morgan fingerprint density at radius 3 is 2.52 bits per heavy atom. The van der Waals surface area contributed by atoms with Crippen molar-refractivity contribution in [2.75, 3.05) is 12.0 Å². The number of aryl methyl sites for hydroxylation is 2. The van der Waals surface area contributed by atoms with E-state index in [0.29, 0.717) is 22.0 Å². The monoisotopic (exact) mass is 384 g/mol. The molecule has 0 aromatic heterocycles. The second-order valence-corrected chi connectivity index (χ2v) is 6.61. The summed E-state index contributed by atoms with van der Waals surface area (Å²) in [6, 6.07) is 9.48. The van der Waals surface area contributed by atoms with Crippen molar-refractivity contribution < 1.29 is 19.1 Å². The average molecular weight is 385 g/mol. The zero-order valence-electron chi connectivity index (χ0n) is 15.0. The molecule has 0 aliphatic carbocycles. The molecule has 0 atom stereocenters. The molecular weight excluding hydrogens is 368 g/mol. The fraction of sp³-hybridized carbons (Fsp3) is 0.150. The molecular formula is C20H17ClN2O4. The number of nitrogens with one attached hydrogen (secondary N) is 1. The Morgan fingerprint density at radius 1 is 1.07 bits per heavy atom. The quantitative estimate of drug-likeness (QED) is 0.647. The summed E-state index contributed by atoms with van der Waals surface area (Å²) in [5, 5.41) is 2.61. The van der Waals surface area contributed by atoms with Crippen LogP contribution < -0.4 is 15.0 Å². The molecule has 0 bridgehead atoms. The number of nitrogens with zero attached hydrogens (tertiary/aromatic N) is 1. The summed E-state index contributed by atoms with van der Waals surface area (Å²) in [7, 11) is 1.49. The maximum Gasteiger partial charge on any atom is 0.335 e. The van der Waals surface area contributed by atoms with E-state index in [2.05, 4.69) is 5.32 Å². The Balaban J connectivity index is 2.08. The topological polar surface area (TPSA) is 75.7 Å². The second-order valence-electron chi connectivity index (χ2n) is 6.17. The third-order valence-corrected chi connectivity index (χ3v) is 4.37. The lowest BCUT2D eigenvalue weighted by Gasteiger charge is -2.27. The Hall–Kier alpha value is -3.12. The molecule has 1 aliphatic rings. The molecule has 1 aliphatic heterocycles. The van der Waals surface area contributed by atoms with Gasteiger partial charge in [-0.1, -0.05) is 23.7 Å². The molecule has 2 aromatic rings. The number of urea groups is 1. The predicted octanol–water partition coefficient (Wildman–Crippen LogP) is 3.63. The van der Waals surface area contributed by atoms with E-state index in [0.717, 1.165) is 16.0 Å². The molecule has 1 heterocycles. The molecule has 6 nitrogen and oxygen atoms in total. The van der Waals surface area contributed by atoms with Gasteiger partial charge in [0, 0.05) is 5.02 Å². The van der Waals surface area contributed by atoms with Crippen molar-refractivity contribution in [3.05, 3.63) is 63.7 Å². The number of barbiturate groups is 1. The third-order valence-electron chi connectivity index (χ3n) is 4.15. The first kappa shape index (κ1) is 18.7. The van der Waals surface area contributed by atoms with Crippen LogP contribution >= 0.6 is 11.6 Å². The van der Waals surface area contributed by atoms with Gasteiger partial charge in [0.25, 0.3) is 11.8 Å². The Bertz CT molecular complexity index is 997. The molecule has 0 spiro atoms. The van der Waals surface area contributed by atoms with Gasteiger partial charge < -0.3 is 4.74 Å². The second kappa shape index (κ2) is 7.25. The van der Waals surface area contributed by atoms with Gasteiger partial charge in [-0.05, 0) is 60.9 Å². The van der Waals surface area contributed by atoms with E-state index in [1.165, 1.54) is 13.2 Å². The highest BCUT2D eigenvalue weighted by Gasteiger charge is 2.37. The van der Waals surface area contributed by atoms with Crippen molar-refractivity contribution in [1.29, 1.82) is 0 Å². The number of anilines is 1.